The lowest BCUT2D eigenvalue weighted by Crippen LogP contribution is -2.49. The molecule has 0 N–H and O–H groups in total. The van der Waals surface area contributed by atoms with Crippen molar-refractivity contribution < 1.29 is 9.59 Å². The molecule has 4 aliphatic carbocycles. The molecule has 0 aromatic rings. The molecule has 0 amide bonds. The van der Waals surface area contributed by atoms with Crippen LogP contribution in [0.2, 0.25) is 0 Å². The van der Waals surface area contributed by atoms with Crippen LogP contribution in [0.1, 0.15) is 78.6 Å². The van der Waals surface area contributed by atoms with Crippen LogP contribution in [0.4, 0.5) is 0 Å². The highest BCUT2D eigenvalue weighted by atomic mass is 16.1. The first-order valence-corrected chi connectivity index (χ1v) is 10.1. The Balaban J connectivity index is 1.67. The zero-order valence-electron chi connectivity index (χ0n) is 15.6. The first kappa shape index (κ1) is 16.5. The summed E-state index contributed by atoms with van der Waals surface area (Å²) in [5, 5.41) is 0. The first-order chi connectivity index (χ1) is 11.4. The van der Waals surface area contributed by atoms with Crippen LogP contribution in [0.3, 0.4) is 0 Å². The molecule has 3 saturated carbocycles. The van der Waals surface area contributed by atoms with E-state index in [1.54, 1.807) is 5.57 Å². The average Bonchev–Trinajstić information content (AvgIpc) is 2.81. The second-order valence-electron chi connectivity index (χ2n) is 9.58. The number of carbonyl (C=O) groups is 2. The highest BCUT2D eigenvalue weighted by Gasteiger charge is 2.58. The van der Waals surface area contributed by atoms with Gasteiger partial charge < -0.3 is 0 Å². The van der Waals surface area contributed by atoms with Crippen LogP contribution in [0.15, 0.2) is 11.6 Å². The lowest BCUT2D eigenvalue weighted by atomic mass is 9.48. The molecule has 24 heavy (non-hydrogen) atoms. The Morgan fingerprint density at radius 3 is 2.58 bits per heavy atom. The first-order valence-electron chi connectivity index (χ1n) is 10.1. The number of ketones is 2. The van der Waals surface area contributed by atoms with Crippen LogP contribution in [-0.2, 0) is 9.59 Å². The van der Waals surface area contributed by atoms with E-state index < -0.39 is 0 Å². The Kier molecular flexibility index (Phi) is 3.82. The monoisotopic (exact) mass is 328 g/mol. The molecule has 0 aliphatic heterocycles. The Morgan fingerprint density at radius 1 is 1.04 bits per heavy atom. The second kappa shape index (κ2) is 5.54. The van der Waals surface area contributed by atoms with Gasteiger partial charge >= 0.3 is 0 Å². The summed E-state index contributed by atoms with van der Waals surface area (Å²) in [4.78, 5) is 24.2. The third kappa shape index (κ3) is 2.21. The van der Waals surface area contributed by atoms with E-state index in [0.29, 0.717) is 17.5 Å². The smallest absolute Gasteiger partial charge is 0.133 e. The van der Waals surface area contributed by atoms with Gasteiger partial charge in [0.1, 0.15) is 11.6 Å². The average molecular weight is 328 g/mol. The Labute approximate surface area is 146 Å². The number of Topliss-reactive ketones (excluding diaryl/α,β-unsaturated/α-hetero) is 2. The third-order valence-electron chi connectivity index (χ3n) is 8.71. The van der Waals surface area contributed by atoms with Gasteiger partial charge in [-0.2, -0.15) is 0 Å². The summed E-state index contributed by atoms with van der Waals surface area (Å²) in [6, 6.07) is 0. The van der Waals surface area contributed by atoms with E-state index in [0.717, 1.165) is 43.9 Å². The molecular formula is C22H32O2. The van der Waals surface area contributed by atoms with Gasteiger partial charge in [0.05, 0.1) is 0 Å². The van der Waals surface area contributed by atoms with Gasteiger partial charge in [-0.15, -0.1) is 0 Å². The van der Waals surface area contributed by atoms with Gasteiger partial charge in [0.2, 0.25) is 0 Å². The summed E-state index contributed by atoms with van der Waals surface area (Å²) >= 11 is 0. The van der Waals surface area contributed by atoms with Gasteiger partial charge in [-0.3, -0.25) is 9.59 Å². The van der Waals surface area contributed by atoms with E-state index in [-0.39, 0.29) is 16.7 Å². The van der Waals surface area contributed by atoms with Crippen molar-refractivity contribution >= 4 is 11.6 Å². The fourth-order valence-corrected chi connectivity index (χ4v) is 7.36. The van der Waals surface area contributed by atoms with E-state index in [4.69, 9.17) is 0 Å². The molecule has 132 valence electrons. The van der Waals surface area contributed by atoms with Crippen LogP contribution in [0, 0.1) is 34.5 Å². The molecule has 3 unspecified atom stereocenters. The standard InChI is InChI=1S/C22H32O2/c1-14(23)18-8-9-19-17-7-5-15-4-6-16(24)10-12-21(15,2)20(17)11-13-22(18,19)3/h5,17-20H,4,6-13H2,1-3H3/t17?,18-,19?,20?,21+,22-/m1/s1. The lowest BCUT2D eigenvalue weighted by Gasteiger charge is -2.56. The van der Waals surface area contributed by atoms with Crippen molar-refractivity contribution in [3.8, 4) is 0 Å². The minimum atomic E-state index is 0.231. The van der Waals surface area contributed by atoms with Gasteiger partial charge in [0, 0.05) is 18.8 Å². The number of allylic oxidation sites excluding steroid dienone is 2. The number of carbonyl (C=O) groups excluding carboxylic acids is 2. The van der Waals surface area contributed by atoms with Crippen LogP contribution in [-0.4, -0.2) is 11.6 Å². The molecule has 4 rings (SSSR count). The molecule has 0 aromatic heterocycles. The Hall–Kier alpha value is -0.920. The predicted octanol–water partition coefficient (Wildman–Crippen LogP) is 5.11. The molecule has 2 heteroatoms. The van der Waals surface area contributed by atoms with Gasteiger partial charge in [-0.25, -0.2) is 0 Å². The summed E-state index contributed by atoms with van der Waals surface area (Å²) in [5.41, 5.74) is 2.05. The lowest BCUT2D eigenvalue weighted by molar-refractivity contribution is -0.127. The number of fused-ring (bicyclic) bond motifs is 5. The largest absolute Gasteiger partial charge is 0.300 e. The van der Waals surface area contributed by atoms with Gasteiger partial charge in [0.25, 0.3) is 0 Å². The second-order valence-corrected chi connectivity index (χ2v) is 9.58. The maximum atomic E-state index is 12.2. The summed E-state index contributed by atoms with van der Waals surface area (Å²) in [6.45, 7) is 6.67. The molecule has 6 atom stereocenters. The molecular weight excluding hydrogens is 296 g/mol. The highest BCUT2D eigenvalue weighted by Crippen LogP contribution is 2.65. The highest BCUT2D eigenvalue weighted by molar-refractivity contribution is 5.80. The molecule has 0 saturated heterocycles. The topological polar surface area (TPSA) is 34.1 Å². The molecule has 0 spiro atoms. The van der Waals surface area contributed by atoms with Crippen LogP contribution in [0.25, 0.3) is 0 Å². The van der Waals surface area contributed by atoms with E-state index in [1.165, 1.54) is 25.7 Å². The molecule has 0 heterocycles. The molecule has 3 fully saturated rings. The molecule has 2 nitrogen and oxygen atoms in total. The van der Waals surface area contributed by atoms with Crippen LogP contribution >= 0.6 is 0 Å². The minimum absolute atomic E-state index is 0.231. The summed E-state index contributed by atoms with van der Waals surface area (Å²) in [7, 11) is 0. The summed E-state index contributed by atoms with van der Waals surface area (Å²) in [5.74, 6) is 3.33. The number of hydrogen-bond acceptors (Lipinski definition) is 2. The SMILES string of the molecule is CC(=O)[C@H]1CCC2C3CC=C4CCC(=O)CC[C@]4(C)C3CC[C@@]21C. The van der Waals surface area contributed by atoms with E-state index in [9.17, 15) is 9.59 Å². The van der Waals surface area contributed by atoms with Gasteiger partial charge in [0.15, 0.2) is 0 Å². The summed E-state index contributed by atoms with van der Waals surface area (Å²) in [6.07, 6.45) is 12.1. The van der Waals surface area contributed by atoms with E-state index in [1.807, 2.05) is 6.92 Å². The molecule has 4 aliphatic rings. The number of hydrogen-bond donors (Lipinski definition) is 0. The maximum Gasteiger partial charge on any atom is 0.133 e. The van der Waals surface area contributed by atoms with Crippen molar-refractivity contribution in [2.24, 2.45) is 34.5 Å². The van der Waals surface area contributed by atoms with Crippen LogP contribution in [0.5, 0.6) is 0 Å². The Bertz CT molecular complexity index is 603. The quantitative estimate of drug-likeness (QED) is 0.627. The maximum absolute atomic E-state index is 12.2. The zero-order valence-corrected chi connectivity index (χ0v) is 15.6. The van der Waals surface area contributed by atoms with Gasteiger partial charge in [-0.1, -0.05) is 25.5 Å². The fraction of sp³-hybridized carbons (Fsp3) is 0.818. The summed E-state index contributed by atoms with van der Waals surface area (Å²) < 4.78 is 0. The van der Waals surface area contributed by atoms with E-state index in [2.05, 4.69) is 19.9 Å². The minimum Gasteiger partial charge on any atom is -0.300 e. The van der Waals surface area contributed by atoms with Crippen molar-refractivity contribution in [1.82, 2.24) is 0 Å². The van der Waals surface area contributed by atoms with Crippen molar-refractivity contribution in [2.45, 2.75) is 78.6 Å². The normalized spacial score (nSPS) is 48.0. The predicted molar refractivity (Wildman–Crippen MR) is 95.5 cm³/mol. The van der Waals surface area contributed by atoms with Crippen molar-refractivity contribution in [3.63, 3.8) is 0 Å². The van der Waals surface area contributed by atoms with Gasteiger partial charge in [-0.05, 0) is 80.5 Å². The van der Waals surface area contributed by atoms with Crippen molar-refractivity contribution in [2.75, 3.05) is 0 Å². The van der Waals surface area contributed by atoms with Crippen LogP contribution < -0.4 is 0 Å². The molecule has 0 radical (unpaired) electrons. The van der Waals surface area contributed by atoms with Crippen molar-refractivity contribution in [3.05, 3.63) is 11.6 Å². The zero-order chi connectivity index (χ0) is 17.1. The Morgan fingerprint density at radius 2 is 1.83 bits per heavy atom. The molecule has 0 aromatic carbocycles. The number of rotatable bonds is 1. The third-order valence-corrected chi connectivity index (χ3v) is 8.71. The van der Waals surface area contributed by atoms with E-state index >= 15 is 0 Å². The molecule has 0 bridgehead atoms. The van der Waals surface area contributed by atoms with Crippen molar-refractivity contribution in [1.29, 1.82) is 0 Å². The fourth-order valence-electron chi connectivity index (χ4n) is 7.36.